The van der Waals surface area contributed by atoms with Crippen molar-refractivity contribution in [3.63, 3.8) is 0 Å². The normalized spacial score (nSPS) is 10.9. The van der Waals surface area contributed by atoms with Crippen LogP contribution in [0.15, 0.2) is 11.4 Å². The Hall–Kier alpha value is -0.540. The Kier molecular flexibility index (Phi) is 3.56. The van der Waals surface area contributed by atoms with E-state index < -0.39 is 0 Å². The molecule has 0 atom stereocenters. The van der Waals surface area contributed by atoms with Gasteiger partial charge in [-0.05, 0) is 19.2 Å². The van der Waals surface area contributed by atoms with Crippen molar-refractivity contribution in [2.24, 2.45) is 0 Å². The van der Waals surface area contributed by atoms with Crippen LogP contribution in [0.2, 0.25) is 0 Å². The summed E-state index contributed by atoms with van der Waals surface area (Å²) in [6.07, 6.45) is 0. The predicted molar refractivity (Wildman–Crippen MR) is 55.4 cm³/mol. The topological polar surface area (TPSA) is 29.3 Å². The smallest absolute Gasteiger partial charge is 0.0426 e. The largest absolute Gasteiger partial charge is 0.398 e. The van der Waals surface area contributed by atoms with Crippen LogP contribution in [0.25, 0.3) is 0 Å². The van der Waals surface area contributed by atoms with E-state index in [-0.39, 0.29) is 0 Å². The highest BCUT2D eigenvalue weighted by molar-refractivity contribution is 7.10. The Labute approximate surface area is 78.0 Å². The average molecular weight is 184 g/mol. The molecule has 0 unspecified atom stereocenters. The van der Waals surface area contributed by atoms with Crippen LogP contribution in [0.3, 0.4) is 0 Å². The van der Waals surface area contributed by atoms with Gasteiger partial charge in [0.05, 0.1) is 0 Å². The van der Waals surface area contributed by atoms with Crippen LogP contribution < -0.4 is 5.73 Å². The predicted octanol–water partition coefficient (Wildman–Crippen LogP) is 2.17. The Morgan fingerprint density at radius 3 is 2.50 bits per heavy atom. The third-order valence-electron chi connectivity index (χ3n) is 1.95. The fourth-order valence-corrected chi connectivity index (χ4v) is 1.96. The van der Waals surface area contributed by atoms with Crippen LogP contribution in [0.5, 0.6) is 0 Å². The monoisotopic (exact) mass is 184 g/mol. The molecule has 0 aliphatic carbocycles. The van der Waals surface area contributed by atoms with Crippen molar-refractivity contribution in [2.75, 3.05) is 18.8 Å². The Balaban J connectivity index is 2.50. The summed E-state index contributed by atoms with van der Waals surface area (Å²) in [5, 5.41) is 2.00. The quantitative estimate of drug-likeness (QED) is 0.777. The number of nitrogens with zero attached hydrogens (tertiary/aromatic N) is 1. The fraction of sp³-hybridized carbons (Fsp3) is 0.556. The van der Waals surface area contributed by atoms with Gasteiger partial charge in [0, 0.05) is 22.5 Å². The Morgan fingerprint density at radius 1 is 1.42 bits per heavy atom. The van der Waals surface area contributed by atoms with Crippen molar-refractivity contribution < 1.29 is 0 Å². The second-order valence-electron chi connectivity index (χ2n) is 2.81. The number of nitrogens with two attached hydrogens (primary N) is 1. The van der Waals surface area contributed by atoms with E-state index in [1.54, 1.807) is 11.3 Å². The standard InChI is InChI=1S/C9H16N2S/c1-3-11(4-2)6-9-5-8(10)7-12-9/h5,7H,3-4,6,10H2,1-2H3. The van der Waals surface area contributed by atoms with Gasteiger partial charge in [0.25, 0.3) is 0 Å². The SMILES string of the molecule is CCN(CC)Cc1cc(N)cs1. The van der Waals surface area contributed by atoms with Crippen LogP contribution >= 0.6 is 11.3 Å². The molecule has 0 spiro atoms. The summed E-state index contributed by atoms with van der Waals surface area (Å²) in [5.41, 5.74) is 6.52. The molecule has 0 aliphatic rings. The number of nitrogen functional groups attached to an aromatic ring is 1. The number of thiophene rings is 1. The summed E-state index contributed by atoms with van der Waals surface area (Å²) in [7, 11) is 0. The zero-order valence-electron chi connectivity index (χ0n) is 7.71. The first-order valence-electron chi connectivity index (χ1n) is 4.31. The minimum Gasteiger partial charge on any atom is -0.398 e. The number of hydrogen-bond donors (Lipinski definition) is 1. The molecule has 1 aromatic rings. The highest BCUT2D eigenvalue weighted by Crippen LogP contribution is 2.17. The molecular weight excluding hydrogens is 168 g/mol. The summed E-state index contributed by atoms with van der Waals surface area (Å²) >= 11 is 1.74. The molecule has 0 fully saturated rings. The molecular formula is C9H16N2S. The lowest BCUT2D eigenvalue weighted by Crippen LogP contribution is -2.21. The molecule has 1 rings (SSSR count). The summed E-state index contributed by atoms with van der Waals surface area (Å²) in [6, 6.07) is 2.06. The molecule has 1 heterocycles. The second-order valence-corrected chi connectivity index (χ2v) is 3.80. The number of rotatable bonds is 4. The lowest BCUT2D eigenvalue weighted by Gasteiger charge is -2.16. The van der Waals surface area contributed by atoms with Crippen LogP contribution in [0, 0.1) is 0 Å². The van der Waals surface area contributed by atoms with Gasteiger partial charge in [-0.25, -0.2) is 0 Å². The highest BCUT2D eigenvalue weighted by Gasteiger charge is 2.02. The maximum Gasteiger partial charge on any atom is 0.0426 e. The van der Waals surface area contributed by atoms with Crippen molar-refractivity contribution in [1.29, 1.82) is 0 Å². The van der Waals surface area contributed by atoms with E-state index in [0.717, 1.165) is 25.3 Å². The van der Waals surface area contributed by atoms with Gasteiger partial charge < -0.3 is 5.73 Å². The summed E-state index contributed by atoms with van der Waals surface area (Å²) in [4.78, 5) is 3.74. The molecule has 0 saturated heterocycles. The zero-order chi connectivity index (χ0) is 8.97. The summed E-state index contributed by atoms with van der Waals surface area (Å²) in [5.74, 6) is 0. The minimum atomic E-state index is 0.891. The van der Waals surface area contributed by atoms with E-state index in [4.69, 9.17) is 5.73 Å². The molecule has 0 aromatic carbocycles. The van der Waals surface area contributed by atoms with Crippen molar-refractivity contribution >= 4 is 17.0 Å². The van der Waals surface area contributed by atoms with Crippen molar-refractivity contribution in [1.82, 2.24) is 4.90 Å². The Bertz CT molecular complexity index is 228. The molecule has 0 amide bonds. The highest BCUT2D eigenvalue weighted by atomic mass is 32.1. The molecule has 3 heteroatoms. The van der Waals surface area contributed by atoms with E-state index in [0.29, 0.717) is 0 Å². The zero-order valence-corrected chi connectivity index (χ0v) is 8.53. The maximum atomic E-state index is 5.63. The molecule has 0 bridgehead atoms. The third-order valence-corrected chi connectivity index (χ3v) is 2.89. The molecule has 2 nitrogen and oxygen atoms in total. The molecule has 1 aromatic heterocycles. The van der Waals surface area contributed by atoms with Crippen LogP contribution in [-0.2, 0) is 6.54 Å². The van der Waals surface area contributed by atoms with E-state index in [2.05, 4.69) is 24.8 Å². The van der Waals surface area contributed by atoms with E-state index in [1.807, 2.05) is 5.38 Å². The lowest BCUT2D eigenvalue weighted by atomic mass is 10.4. The molecule has 2 N–H and O–H groups in total. The summed E-state index contributed by atoms with van der Waals surface area (Å²) < 4.78 is 0. The van der Waals surface area contributed by atoms with Gasteiger partial charge in [-0.2, -0.15) is 0 Å². The molecule has 0 saturated carbocycles. The first kappa shape index (κ1) is 9.55. The van der Waals surface area contributed by atoms with Crippen molar-refractivity contribution in [3.8, 4) is 0 Å². The van der Waals surface area contributed by atoms with E-state index in [1.165, 1.54) is 4.88 Å². The minimum absolute atomic E-state index is 0.891. The van der Waals surface area contributed by atoms with Crippen molar-refractivity contribution in [3.05, 3.63) is 16.3 Å². The molecule has 68 valence electrons. The van der Waals surface area contributed by atoms with Gasteiger partial charge in [-0.15, -0.1) is 11.3 Å². The third kappa shape index (κ3) is 2.50. The van der Waals surface area contributed by atoms with Gasteiger partial charge in [-0.3, -0.25) is 4.90 Å². The number of hydrogen-bond acceptors (Lipinski definition) is 3. The molecule has 0 aliphatic heterocycles. The maximum absolute atomic E-state index is 5.63. The number of anilines is 1. The van der Waals surface area contributed by atoms with Crippen LogP contribution in [0.4, 0.5) is 5.69 Å². The van der Waals surface area contributed by atoms with Crippen LogP contribution in [-0.4, -0.2) is 18.0 Å². The van der Waals surface area contributed by atoms with Gasteiger partial charge in [0.2, 0.25) is 0 Å². The van der Waals surface area contributed by atoms with Gasteiger partial charge in [-0.1, -0.05) is 13.8 Å². The van der Waals surface area contributed by atoms with Gasteiger partial charge >= 0.3 is 0 Å². The first-order valence-corrected chi connectivity index (χ1v) is 5.19. The lowest BCUT2D eigenvalue weighted by molar-refractivity contribution is 0.298. The average Bonchev–Trinajstić information content (AvgIpc) is 2.47. The Morgan fingerprint density at radius 2 is 2.08 bits per heavy atom. The first-order chi connectivity index (χ1) is 5.76. The molecule has 12 heavy (non-hydrogen) atoms. The van der Waals surface area contributed by atoms with E-state index >= 15 is 0 Å². The second kappa shape index (κ2) is 4.48. The summed E-state index contributed by atoms with van der Waals surface area (Å²) in [6.45, 7) is 7.61. The van der Waals surface area contributed by atoms with Crippen LogP contribution in [0.1, 0.15) is 18.7 Å². The van der Waals surface area contributed by atoms with E-state index in [9.17, 15) is 0 Å². The van der Waals surface area contributed by atoms with Crippen molar-refractivity contribution in [2.45, 2.75) is 20.4 Å². The fourth-order valence-electron chi connectivity index (χ4n) is 1.15. The van der Waals surface area contributed by atoms with Gasteiger partial charge in [0.15, 0.2) is 0 Å². The molecule has 0 radical (unpaired) electrons. The van der Waals surface area contributed by atoms with Gasteiger partial charge in [0.1, 0.15) is 0 Å².